The van der Waals surface area contributed by atoms with Crippen LogP contribution in [0.1, 0.15) is 75.8 Å². The van der Waals surface area contributed by atoms with Gasteiger partial charge in [-0.15, -0.1) is 0 Å². The second-order valence-corrected chi connectivity index (χ2v) is 10.3. The summed E-state index contributed by atoms with van der Waals surface area (Å²) in [6.45, 7) is 4.54. The Morgan fingerprint density at radius 3 is 2.60 bits per heavy atom. The van der Waals surface area contributed by atoms with Crippen molar-refractivity contribution in [3.8, 4) is 0 Å². The zero-order valence-corrected chi connectivity index (χ0v) is 18.0. The fourth-order valence-corrected chi connectivity index (χ4v) is 7.11. The van der Waals surface area contributed by atoms with Crippen LogP contribution in [-0.4, -0.2) is 16.5 Å². The minimum absolute atomic E-state index is 0.110. The van der Waals surface area contributed by atoms with Crippen molar-refractivity contribution >= 4 is 5.78 Å². The minimum atomic E-state index is -0.647. The number of hydrogen-bond acceptors (Lipinski definition) is 4. The van der Waals surface area contributed by atoms with Gasteiger partial charge in [-0.2, -0.15) is 4.91 Å². The van der Waals surface area contributed by atoms with Crippen molar-refractivity contribution in [2.45, 2.75) is 76.9 Å². The molecule has 1 aromatic carbocycles. The first-order valence-electron chi connectivity index (χ1n) is 11.4. The molecule has 0 amide bonds. The van der Waals surface area contributed by atoms with Gasteiger partial charge in [0.15, 0.2) is 5.78 Å². The monoisotopic (exact) mass is 405 g/mol. The maximum absolute atomic E-state index is 12.1. The Labute approximate surface area is 178 Å². The third kappa shape index (κ3) is 2.87. The maximum Gasteiger partial charge on any atom is 0.156 e. The van der Waals surface area contributed by atoms with Crippen LogP contribution in [0.4, 0.5) is 0 Å². The average Bonchev–Trinajstić information content (AvgIpc) is 2.97. The van der Waals surface area contributed by atoms with Gasteiger partial charge in [-0.25, -0.2) is 0 Å². The second kappa shape index (κ2) is 6.98. The van der Waals surface area contributed by atoms with Crippen molar-refractivity contribution in [3.05, 3.63) is 63.1 Å². The molecule has 4 nitrogen and oxygen atoms in total. The Bertz CT molecular complexity index is 955. The van der Waals surface area contributed by atoms with Crippen LogP contribution in [0.5, 0.6) is 0 Å². The lowest BCUT2D eigenvalue weighted by atomic mass is 9.51. The molecule has 0 saturated heterocycles. The topological polar surface area (TPSA) is 66.7 Å². The van der Waals surface area contributed by atoms with Crippen molar-refractivity contribution in [2.75, 3.05) is 0 Å². The average molecular weight is 406 g/mol. The van der Waals surface area contributed by atoms with Crippen molar-refractivity contribution in [2.24, 2.45) is 22.4 Å². The SMILES string of the molecule is C[C@]1(O)CC[C@H]2[C@@H]3CCC4=CC(=O)CCC4=C3[C@@H](c3ccc(CN=O)cc3)C[C@@]21C. The summed E-state index contributed by atoms with van der Waals surface area (Å²) in [6.07, 6.45) is 8.33. The summed E-state index contributed by atoms with van der Waals surface area (Å²) in [6, 6.07) is 8.33. The molecule has 158 valence electrons. The third-order valence-electron chi connectivity index (χ3n) is 8.93. The lowest BCUT2D eigenvalue weighted by Crippen LogP contribution is -2.50. The molecule has 1 aromatic rings. The van der Waals surface area contributed by atoms with E-state index in [9.17, 15) is 14.8 Å². The Morgan fingerprint density at radius 1 is 1.10 bits per heavy atom. The Hall–Kier alpha value is -2.07. The number of benzene rings is 1. The number of carbonyl (C=O) groups excluding carboxylic acids is 1. The molecular weight excluding hydrogens is 374 g/mol. The number of rotatable bonds is 3. The van der Waals surface area contributed by atoms with E-state index in [0.29, 0.717) is 18.3 Å². The molecule has 0 spiro atoms. The van der Waals surface area contributed by atoms with E-state index in [0.717, 1.165) is 44.1 Å². The van der Waals surface area contributed by atoms with Crippen LogP contribution in [0.3, 0.4) is 0 Å². The number of aliphatic hydroxyl groups is 1. The van der Waals surface area contributed by atoms with E-state index >= 15 is 0 Å². The van der Waals surface area contributed by atoms with Gasteiger partial charge in [-0.05, 0) is 85.6 Å². The molecule has 30 heavy (non-hydrogen) atoms. The van der Waals surface area contributed by atoms with E-state index in [-0.39, 0.29) is 23.7 Å². The van der Waals surface area contributed by atoms with Crippen LogP contribution >= 0.6 is 0 Å². The van der Waals surface area contributed by atoms with Crippen LogP contribution in [-0.2, 0) is 11.3 Å². The highest BCUT2D eigenvalue weighted by Crippen LogP contribution is 2.66. The lowest BCUT2D eigenvalue weighted by Gasteiger charge is -2.54. The molecule has 1 N–H and O–H groups in total. The summed E-state index contributed by atoms with van der Waals surface area (Å²) in [5.74, 6) is 1.51. The van der Waals surface area contributed by atoms with Crippen LogP contribution in [0.15, 0.2) is 52.2 Å². The van der Waals surface area contributed by atoms with E-state index < -0.39 is 5.60 Å². The van der Waals surface area contributed by atoms with E-state index in [1.54, 1.807) is 5.57 Å². The predicted molar refractivity (Wildman–Crippen MR) is 117 cm³/mol. The van der Waals surface area contributed by atoms with Crippen LogP contribution in [0.25, 0.3) is 0 Å². The van der Waals surface area contributed by atoms with Gasteiger partial charge in [0, 0.05) is 17.8 Å². The molecule has 2 fully saturated rings. The quantitative estimate of drug-likeness (QED) is 0.665. The summed E-state index contributed by atoms with van der Waals surface area (Å²) >= 11 is 0. The normalized spacial score (nSPS) is 37.9. The summed E-state index contributed by atoms with van der Waals surface area (Å²) in [7, 11) is 0. The highest BCUT2D eigenvalue weighted by Gasteiger charge is 2.60. The molecular formula is C26H31NO3. The van der Waals surface area contributed by atoms with Gasteiger partial charge in [0.05, 0.1) is 5.60 Å². The lowest BCUT2D eigenvalue weighted by molar-refractivity contribution is -0.114. The van der Waals surface area contributed by atoms with E-state index in [1.807, 2.05) is 25.1 Å². The summed E-state index contributed by atoms with van der Waals surface area (Å²) in [4.78, 5) is 22.7. The fourth-order valence-electron chi connectivity index (χ4n) is 7.11. The molecule has 0 radical (unpaired) electrons. The molecule has 4 heteroatoms. The van der Waals surface area contributed by atoms with Gasteiger partial charge in [0.25, 0.3) is 0 Å². The van der Waals surface area contributed by atoms with Crippen LogP contribution in [0.2, 0.25) is 0 Å². The summed E-state index contributed by atoms with van der Waals surface area (Å²) in [5, 5.41) is 14.4. The first kappa shape index (κ1) is 19.9. The number of carbonyl (C=O) groups is 1. The number of hydrogen-bond donors (Lipinski definition) is 1. The van der Waals surface area contributed by atoms with Gasteiger partial charge in [-0.3, -0.25) is 4.79 Å². The molecule has 0 aliphatic heterocycles. The molecule has 0 heterocycles. The first-order valence-corrected chi connectivity index (χ1v) is 11.4. The minimum Gasteiger partial charge on any atom is -0.390 e. The Balaban J connectivity index is 1.65. The van der Waals surface area contributed by atoms with Crippen molar-refractivity contribution in [1.82, 2.24) is 0 Å². The summed E-state index contributed by atoms with van der Waals surface area (Å²) in [5.41, 5.74) is 5.68. The van der Waals surface area contributed by atoms with Gasteiger partial charge >= 0.3 is 0 Å². The van der Waals surface area contributed by atoms with E-state index in [1.165, 1.54) is 16.7 Å². The van der Waals surface area contributed by atoms with Crippen molar-refractivity contribution < 1.29 is 9.90 Å². The molecule has 4 aliphatic carbocycles. The van der Waals surface area contributed by atoms with Crippen molar-refractivity contribution in [1.29, 1.82) is 0 Å². The maximum atomic E-state index is 12.1. The van der Waals surface area contributed by atoms with E-state index in [2.05, 4.69) is 24.2 Å². The fraction of sp³-hybridized carbons (Fsp3) is 0.577. The summed E-state index contributed by atoms with van der Waals surface area (Å²) < 4.78 is 0. The van der Waals surface area contributed by atoms with Gasteiger partial charge in [-0.1, -0.05) is 41.9 Å². The number of nitroso groups, excluding NO2 is 1. The number of nitrogens with zero attached hydrogens (tertiary/aromatic N) is 1. The number of fused-ring (bicyclic) bond motifs is 4. The number of allylic oxidation sites excluding steroid dienone is 4. The Kier molecular flexibility index (Phi) is 4.62. The van der Waals surface area contributed by atoms with E-state index in [4.69, 9.17) is 0 Å². The number of ketones is 1. The molecule has 5 rings (SSSR count). The highest BCUT2D eigenvalue weighted by atomic mass is 16.3. The zero-order chi connectivity index (χ0) is 21.1. The predicted octanol–water partition coefficient (Wildman–Crippen LogP) is 5.60. The van der Waals surface area contributed by atoms with Crippen LogP contribution < -0.4 is 0 Å². The van der Waals surface area contributed by atoms with Crippen LogP contribution in [0, 0.1) is 22.2 Å². The van der Waals surface area contributed by atoms with Gasteiger partial charge in [0.2, 0.25) is 0 Å². The first-order chi connectivity index (χ1) is 14.3. The molecule has 5 atom stereocenters. The second-order valence-electron chi connectivity index (χ2n) is 10.3. The largest absolute Gasteiger partial charge is 0.390 e. The molecule has 4 aliphatic rings. The van der Waals surface area contributed by atoms with Gasteiger partial charge < -0.3 is 5.11 Å². The molecule has 0 unspecified atom stereocenters. The van der Waals surface area contributed by atoms with Gasteiger partial charge in [0.1, 0.15) is 6.54 Å². The third-order valence-corrected chi connectivity index (χ3v) is 8.93. The Morgan fingerprint density at radius 2 is 1.87 bits per heavy atom. The zero-order valence-electron chi connectivity index (χ0n) is 18.0. The van der Waals surface area contributed by atoms with Crippen molar-refractivity contribution in [3.63, 3.8) is 0 Å². The standard InChI is InChI=1S/C26H31NO3/c1-25-14-22(17-5-3-16(4-6-17)15-27-30)24-20-10-8-19(28)13-18(20)7-9-21(24)23(25)11-12-26(25,2)29/h3-6,13,21-23,29H,7-12,14-15H2,1-2H3/t21-,22+,23-,25-,26-/m0/s1. The smallest absolute Gasteiger partial charge is 0.156 e. The molecule has 2 saturated carbocycles. The molecule has 0 aromatic heterocycles. The highest BCUT2D eigenvalue weighted by molar-refractivity contribution is 5.93. The molecule has 0 bridgehead atoms.